The fraction of sp³-hybridized carbons (Fsp3) is 0.350. The molecule has 0 saturated carbocycles. The predicted molar refractivity (Wildman–Crippen MR) is 112 cm³/mol. The fourth-order valence-electron chi connectivity index (χ4n) is 2.50. The van der Waals surface area contributed by atoms with Crippen LogP contribution in [0.25, 0.3) is 0 Å². The summed E-state index contributed by atoms with van der Waals surface area (Å²) in [5, 5.41) is 2.65. The number of benzene rings is 1. The zero-order valence-corrected chi connectivity index (χ0v) is 18.0. The molecule has 0 radical (unpaired) electrons. The summed E-state index contributed by atoms with van der Waals surface area (Å²) < 4.78 is 6.39. The minimum atomic E-state index is -0.539. The monoisotopic (exact) mass is 464 g/mol. The second-order valence-corrected chi connectivity index (χ2v) is 7.16. The molecule has 0 saturated heterocycles. The zero-order valence-electron chi connectivity index (χ0n) is 16.5. The van der Waals surface area contributed by atoms with Gasteiger partial charge < -0.3 is 9.73 Å². The average Bonchev–Trinajstić information content (AvgIpc) is 3.19. The van der Waals surface area contributed by atoms with Crippen LogP contribution in [0, 0.1) is 0 Å². The van der Waals surface area contributed by atoms with Crippen molar-refractivity contribution in [2.75, 3.05) is 19.6 Å². The highest BCUT2D eigenvalue weighted by atomic mass is 79.9. The van der Waals surface area contributed by atoms with Gasteiger partial charge >= 0.3 is 5.91 Å². The number of carbonyl (C=O) groups is 3. The summed E-state index contributed by atoms with van der Waals surface area (Å²) in [6, 6.07) is 10.2. The van der Waals surface area contributed by atoms with Gasteiger partial charge in [0.05, 0.1) is 6.54 Å². The lowest BCUT2D eigenvalue weighted by atomic mass is 10.2. The van der Waals surface area contributed by atoms with Crippen LogP contribution < -0.4 is 16.2 Å². The quantitative estimate of drug-likeness (QED) is 0.494. The maximum Gasteiger partial charge on any atom is 0.305 e. The average molecular weight is 465 g/mol. The van der Waals surface area contributed by atoms with Gasteiger partial charge in [-0.25, -0.2) is 0 Å². The van der Waals surface area contributed by atoms with Gasteiger partial charge in [-0.05, 0) is 49.5 Å². The molecule has 8 nitrogen and oxygen atoms in total. The first-order chi connectivity index (χ1) is 13.9. The van der Waals surface area contributed by atoms with Crippen molar-refractivity contribution in [1.82, 2.24) is 21.1 Å². The lowest BCUT2D eigenvalue weighted by Gasteiger charge is -2.15. The minimum Gasteiger partial charge on any atom is -0.454 e. The fourth-order valence-corrected chi connectivity index (χ4v) is 2.76. The summed E-state index contributed by atoms with van der Waals surface area (Å²) >= 11 is 3.30. The molecule has 0 fully saturated rings. The first-order valence-corrected chi connectivity index (χ1v) is 10.2. The van der Waals surface area contributed by atoms with Crippen LogP contribution in [0.3, 0.4) is 0 Å². The van der Waals surface area contributed by atoms with Crippen molar-refractivity contribution in [1.29, 1.82) is 0 Å². The highest BCUT2D eigenvalue weighted by molar-refractivity contribution is 9.10. The third kappa shape index (κ3) is 7.35. The summed E-state index contributed by atoms with van der Waals surface area (Å²) in [4.78, 5) is 38.0. The van der Waals surface area contributed by atoms with E-state index in [1.165, 1.54) is 0 Å². The Morgan fingerprint density at radius 2 is 1.66 bits per heavy atom. The van der Waals surface area contributed by atoms with Crippen LogP contribution in [-0.2, 0) is 11.3 Å². The molecule has 29 heavy (non-hydrogen) atoms. The molecule has 0 atom stereocenters. The Kier molecular flexibility index (Phi) is 8.88. The maximum absolute atomic E-state index is 12.1. The third-order valence-electron chi connectivity index (χ3n) is 4.22. The van der Waals surface area contributed by atoms with E-state index in [9.17, 15) is 14.4 Å². The van der Waals surface area contributed by atoms with Gasteiger partial charge in [0, 0.05) is 23.0 Å². The van der Waals surface area contributed by atoms with E-state index in [1.807, 2.05) is 0 Å². The van der Waals surface area contributed by atoms with Crippen LogP contribution in [0.2, 0.25) is 0 Å². The third-order valence-corrected chi connectivity index (χ3v) is 4.75. The molecule has 156 valence electrons. The number of nitrogens with zero attached hydrogens (tertiary/aromatic N) is 1. The van der Waals surface area contributed by atoms with E-state index >= 15 is 0 Å². The number of halogens is 1. The lowest BCUT2D eigenvalue weighted by Crippen LogP contribution is -2.42. The van der Waals surface area contributed by atoms with Crippen LogP contribution >= 0.6 is 15.9 Å². The van der Waals surface area contributed by atoms with Crippen LogP contribution in [0.4, 0.5) is 0 Å². The SMILES string of the molecule is CCN(CC)Cc1ccc(C(=O)NNC(=O)CCNC(=O)c2ccc(Br)cc2)o1. The molecule has 0 bridgehead atoms. The largest absolute Gasteiger partial charge is 0.454 e. The summed E-state index contributed by atoms with van der Waals surface area (Å²) in [6.45, 7) is 6.63. The molecule has 1 heterocycles. The van der Waals surface area contributed by atoms with Crippen molar-refractivity contribution in [3.8, 4) is 0 Å². The highest BCUT2D eigenvalue weighted by Gasteiger charge is 2.13. The number of amides is 3. The molecule has 2 rings (SSSR count). The molecule has 9 heteroatoms. The second kappa shape index (κ2) is 11.4. The van der Waals surface area contributed by atoms with Crippen LogP contribution in [0.5, 0.6) is 0 Å². The summed E-state index contributed by atoms with van der Waals surface area (Å²) in [6.07, 6.45) is 0.0217. The number of carbonyl (C=O) groups excluding carboxylic acids is 3. The Hall–Kier alpha value is -2.65. The number of nitrogens with one attached hydrogen (secondary N) is 3. The molecule has 0 aliphatic carbocycles. The van der Waals surface area contributed by atoms with Crippen molar-refractivity contribution in [2.45, 2.75) is 26.8 Å². The Labute approximate surface area is 178 Å². The molecule has 3 N–H and O–H groups in total. The summed E-state index contributed by atoms with van der Waals surface area (Å²) in [7, 11) is 0. The van der Waals surface area contributed by atoms with E-state index in [0.29, 0.717) is 17.9 Å². The molecular formula is C20H25BrN4O4. The summed E-state index contributed by atoms with van der Waals surface area (Å²) in [5.41, 5.74) is 5.11. The lowest BCUT2D eigenvalue weighted by molar-refractivity contribution is -0.121. The Morgan fingerprint density at radius 3 is 2.31 bits per heavy atom. The van der Waals surface area contributed by atoms with E-state index in [2.05, 4.69) is 50.8 Å². The normalized spacial score (nSPS) is 10.6. The molecule has 1 aromatic carbocycles. The van der Waals surface area contributed by atoms with E-state index in [-0.39, 0.29) is 24.6 Å². The maximum atomic E-state index is 12.1. The van der Waals surface area contributed by atoms with Gasteiger partial charge in [0.15, 0.2) is 5.76 Å². The van der Waals surface area contributed by atoms with Gasteiger partial charge in [0.2, 0.25) is 5.91 Å². The second-order valence-electron chi connectivity index (χ2n) is 6.24. The highest BCUT2D eigenvalue weighted by Crippen LogP contribution is 2.11. The molecule has 0 aliphatic rings. The minimum absolute atomic E-state index is 0.0217. The molecular weight excluding hydrogens is 440 g/mol. The van der Waals surface area contributed by atoms with E-state index < -0.39 is 11.8 Å². The molecule has 1 aromatic heterocycles. The Bertz CT molecular complexity index is 831. The van der Waals surface area contributed by atoms with Crippen LogP contribution in [-0.4, -0.2) is 42.3 Å². The van der Waals surface area contributed by atoms with Crippen molar-refractivity contribution in [2.24, 2.45) is 0 Å². The van der Waals surface area contributed by atoms with E-state index in [1.54, 1.807) is 36.4 Å². The van der Waals surface area contributed by atoms with Gasteiger partial charge in [-0.15, -0.1) is 0 Å². The molecule has 3 amide bonds. The Morgan fingerprint density at radius 1 is 0.966 bits per heavy atom. The topological polar surface area (TPSA) is 104 Å². The van der Waals surface area contributed by atoms with Gasteiger partial charge in [0.1, 0.15) is 5.76 Å². The molecule has 0 unspecified atom stereocenters. The predicted octanol–water partition coefficient (Wildman–Crippen LogP) is 2.46. The van der Waals surface area contributed by atoms with Gasteiger partial charge in [0.25, 0.3) is 5.91 Å². The van der Waals surface area contributed by atoms with Crippen LogP contribution in [0.1, 0.15) is 46.9 Å². The number of hydrogen-bond donors (Lipinski definition) is 3. The van der Waals surface area contributed by atoms with Gasteiger partial charge in [-0.3, -0.25) is 30.1 Å². The van der Waals surface area contributed by atoms with E-state index in [4.69, 9.17) is 4.42 Å². The first-order valence-electron chi connectivity index (χ1n) is 9.37. The standard InChI is InChI=1S/C20H25BrN4O4/c1-3-25(4-2)13-16-9-10-17(29-16)20(28)24-23-18(26)11-12-22-19(27)14-5-7-15(21)8-6-14/h5-10H,3-4,11-13H2,1-2H3,(H,22,27)(H,23,26)(H,24,28). The van der Waals surface area contributed by atoms with Crippen molar-refractivity contribution in [3.05, 3.63) is 58.0 Å². The first kappa shape index (κ1) is 22.6. The number of hydrogen-bond acceptors (Lipinski definition) is 5. The molecule has 0 aliphatic heterocycles. The van der Waals surface area contributed by atoms with Gasteiger partial charge in [-0.1, -0.05) is 29.8 Å². The van der Waals surface area contributed by atoms with Crippen LogP contribution in [0.15, 0.2) is 45.3 Å². The molecule has 2 aromatic rings. The van der Waals surface area contributed by atoms with Crippen molar-refractivity contribution < 1.29 is 18.8 Å². The van der Waals surface area contributed by atoms with Crippen molar-refractivity contribution >= 4 is 33.7 Å². The Balaban J connectivity index is 1.70. The van der Waals surface area contributed by atoms with E-state index in [0.717, 1.165) is 17.6 Å². The number of hydrazine groups is 1. The number of furan rings is 1. The zero-order chi connectivity index (χ0) is 21.2. The number of rotatable bonds is 9. The molecule has 0 spiro atoms. The summed E-state index contributed by atoms with van der Waals surface area (Å²) in [5.74, 6) is -0.435. The smallest absolute Gasteiger partial charge is 0.305 e. The van der Waals surface area contributed by atoms with Gasteiger partial charge in [-0.2, -0.15) is 0 Å². The van der Waals surface area contributed by atoms with Crippen molar-refractivity contribution in [3.63, 3.8) is 0 Å².